The number of halogens is 3. The number of allylic oxidation sites excluding steroid dienone is 3. The largest absolute Gasteiger partial charge is 0.495 e. The van der Waals surface area contributed by atoms with E-state index < -0.39 is 45.6 Å². The van der Waals surface area contributed by atoms with E-state index in [1.165, 1.54) is 25.3 Å². The van der Waals surface area contributed by atoms with E-state index in [-0.39, 0.29) is 35.8 Å². The maximum absolute atomic E-state index is 13.9. The fourth-order valence-corrected chi connectivity index (χ4v) is 4.50. The molecule has 2 atom stereocenters. The van der Waals surface area contributed by atoms with Crippen molar-refractivity contribution in [3.63, 3.8) is 0 Å². The molecule has 0 radical (unpaired) electrons. The number of carboxylic acids is 1. The molecular formula is C24H26F3N5O5S. The van der Waals surface area contributed by atoms with Crippen LogP contribution in [0.3, 0.4) is 0 Å². The summed E-state index contributed by atoms with van der Waals surface area (Å²) in [6.07, 6.45) is 3.81. The van der Waals surface area contributed by atoms with Crippen LogP contribution in [0.1, 0.15) is 28.8 Å². The molecule has 3 rings (SSSR count). The highest BCUT2D eigenvalue weighted by Crippen LogP contribution is 2.36. The van der Waals surface area contributed by atoms with Gasteiger partial charge in [-0.1, -0.05) is 36.5 Å². The van der Waals surface area contributed by atoms with E-state index in [1.54, 1.807) is 24.3 Å². The first-order chi connectivity index (χ1) is 17.8. The number of rotatable bonds is 8. The van der Waals surface area contributed by atoms with Crippen molar-refractivity contribution in [3.8, 4) is 5.75 Å². The van der Waals surface area contributed by atoms with Crippen LogP contribution in [0.2, 0.25) is 0 Å². The van der Waals surface area contributed by atoms with Gasteiger partial charge in [0.2, 0.25) is 16.0 Å². The Bertz CT molecular complexity index is 1380. The Balaban J connectivity index is 2.02. The maximum Gasteiger partial charge on any atom is 0.421 e. The van der Waals surface area contributed by atoms with Gasteiger partial charge in [-0.2, -0.15) is 18.2 Å². The number of hydrogen-bond donors (Lipinski definition) is 4. The summed E-state index contributed by atoms with van der Waals surface area (Å²) in [6.45, 7) is 3.90. The Morgan fingerprint density at radius 1 is 1.24 bits per heavy atom. The lowest BCUT2D eigenvalue weighted by Crippen LogP contribution is -2.46. The minimum absolute atomic E-state index is 0.0592. The molecule has 1 aromatic heterocycles. The van der Waals surface area contributed by atoms with Gasteiger partial charge in [-0.05, 0) is 31.0 Å². The lowest BCUT2D eigenvalue weighted by atomic mass is 9.98. The molecule has 1 heterocycles. The topological polar surface area (TPSA) is 143 Å². The van der Waals surface area contributed by atoms with Crippen LogP contribution in [0.4, 0.5) is 30.6 Å². The van der Waals surface area contributed by atoms with Crippen molar-refractivity contribution in [1.29, 1.82) is 0 Å². The second-order valence-electron chi connectivity index (χ2n) is 8.43. The number of carbonyl (C=O) groups is 1. The number of ether oxygens (including phenoxy) is 1. The SMILES string of the molecule is C=C1/C=C\C=C/C[C@@H](NS(C)(=O)=O)[C@H](Nc2nc(Nc3ccc(C(=O)O)cc3OC)ncc2C(F)(F)F)C1. The molecule has 0 unspecified atom stereocenters. The summed E-state index contributed by atoms with van der Waals surface area (Å²) in [6, 6.07) is 2.19. The molecule has 14 heteroatoms. The normalized spacial score (nSPS) is 20.0. The number of aromatic carboxylic acids is 1. The van der Waals surface area contributed by atoms with Crippen molar-refractivity contribution in [2.24, 2.45) is 0 Å². The van der Waals surface area contributed by atoms with Crippen LogP contribution in [0.25, 0.3) is 0 Å². The predicted molar refractivity (Wildman–Crippen MR) is 136 cm³/mol. The van der Waals surface area contributed by atoms with Crippen LogP contribution in [0.5, 0.6) is 5.75 Å². The standard InChI is InChI=1S/C24H26F3N5O5S/c1-14-7-5-4-6-8-17(32-38(3,35)36)19(11-14)29-21-16(24(25,26)27)13-28-23(31-21)30-18-10-9-15(22(33)34)12-20(18)37-2/h4-7,9-10,12-13,17,19,32H,1,8,11H2,2-3H3,(H,33,34)(H2,28,29,30,31)/b6-4-,7-5-/t17-,19-/m1/s1. The summed E-state index contributed by atoms with van der Waals surface area (Å²) < 4.78 is 73.3. The molecule has 0 aliphatic heterocycles. The lowest BCUT2D eigenvalue weighted by molar-refractivity contribution is -0.137. The number of hydrogen-bond acceptors (Lipinski definition) is 8. The van der Waals surface area contributed by atoms with Gasteiger partial charge in [0.05, 0.1) is 24.6 Å². The minimum atomic E-state index is -4.82. The second kappa shape index (κ2) is 11.6. The Morgan fingerprint density at radius 2 is 1.97 bits per heavy atom. The van der Waals surface area contributed by atoms with Crippen molar-refractivity contribution in [3.05, 3.63) is 72.0 Å². The zero-order valence-corrected chi connectivity index (χ0v) is 21.2. The number of benzene rings is 1. The Labute approximate surface area is 217 Å². The van der Waals surface area contributed by atoms with Crippen LogP contribution in [-0.2, 0) is 16.2 Å². The molecule has 0 saturated carbocycles. The number of sulfonamides is 1. The number of methoxy groups -OCH3 is 1. The Morgan fingerprint density at radius 3 is 2.61 bits per heavy atom. The van der Waals surface area contributed by atoms with E-state index in [1.807, 2.05) is 0 Å². The maximum atomic E-state index is 13.9. The van der Waals surface area contributed by atoms with E-state index in [9.17, 15) is 31.5 Å². The Hall–Kier alpha value is -3.91. The molecule has 1 aliphatic carbocycles. The van der Waals surface area contributed by atoms with Crippen molar-refractivity contribution in [2.45, 2.75) is 31.1 Å². The van der Waals surface area contributed by atoms with Gasteiger partial charge in [0.25, 0.3) is 0 Å². The molecular weight excluding hydrogens is 527 g/mol. The van der Waals surface area contributed by atoms with Gasteiger partial charge in [-0.25, -0.2) is 22.9 Å². The van der Waals surface area contributed by atoms with Crippen LogP contribution in [0.15, 0.2) is 60.9 Å². The van der Waals surface area contributed by atoms with E-state index in [0.29, 0.717) is 11.8 Å². The highest BCUT2D eigenvalue weighted by atomic mass is 32.2. The van der Waals surface area contributed by atoms with Gasteiger partial charge in [-0.15, -0.1) is 0 Å². The van der Waals surface area contributed by atoms with Crippen LogP contribution in [-0.4, -0.2) is 54.9 Å². The van der Waals surface area contributed by atoms with Gasteiger partial charge < -0.3 is 20.5 Å². The summed E-state index contributed by atoms with van der Waals surface area (Å²) in [7, 11) is -2.41. The first-order valence-corrected chi connectivity index (χ1v) is 13.0. The monoisotopic (exact) mass is 553 g/mol. The molecule has 0 amide bonds. The molecule has 204 valence electrons. The highest BCUT2D eigenvalue weighted by molar-refractivity contribution is 7.88. The zero-order valence-electron chi connectivity index (χ0n) is 20.4. The summed E-state index contributed by atoms with van der Waals surface area (Å²) >= 11 is 0. The predicted octanol–water partition coefficient (Wildman–Crippen LogP) is 4.11. The minimum Gasteiger partial charge on any atom is -0.495 e. The summed E-state index contributed by atoms with van der Waals surface area (Å²) in [5.41, 5.74) is -0.452. The van der Waals surface area contributed by atoms with Crippen molar-refractivity contribution >= 4 is 33.4 Å². The fraction of sp³-hybridized carbons (Fsp3) is 0.292. The van der Waals surface area contributed by atoms with Crippen LogP contribution < -0.4 is 20.1 Å². The molecule has 1 aliphatic rings. The van der Waals surface area contributed by atoms with Crippen LogP contribution in [0, 0.1) is 0 Å². The number of aromatic nitrogens is 2. The molecule has 38 heavy (non-hydrogen) atoms. The zero-order chi connectivity index (χ0) is 28.1. The summed E-state index contributed by atoms with van der Waals surface area (Å²) in [4.78, 5) is 19.0. The van der Waals surface area contributed by atoms with Gasteiger partial charge in [0.15, 0.2) is 0 Å². The second-order valence-corrected chi connectivity index (χ2v) is 10.2. The third-order valence-corrected chi connectivity index (χ3v) is 6.14. The Kier molecular flexibility index (Phi) is 8.78. The number of nitrogens with zero attached hydrogens (tertiary/aromatic N) is 2. The number of anilines is 3. The first kappa shape index (κ1) is 28.7. The molecule has 10 nitrogen and oxygen atoms in total. The van der Waals surface area contributed by atoms with Crippen molar-refractivity contribution in [2.75, 3.05) is 24.0 Å². The quantitative estimate of drug-likeness (QED) is 0.380. The fourth-order valence-electron chi connectivity index (χ4n) is 3.69. The third kappa shape index (κ3) is 7.79. The van der Waals surface area contributed by atoms with Gasteiger partial charge in [0, 0.05) is 18.3 Å². The van der Waals surface area contributed by atoms with E-state index >= 15 is 0 Å². The van der Waals surface area contributed by atoms with Crippen molar-refractivity contribution < 1.29 is 36.2 Å². The van der Waals surface area contributed by atoms with Gasteiger partial charge >= 0.3 is 12.1 Å². The molecule has 2 aromatic rings. The van der Waals surface area contributed by atoms with Crippen LogP contribution >= 0.6 is 0 Å². The summed E-state index contributed by atoms with van der Waals surface area (Å²) in [5.74, 6) is -1.91. The lowest BCUT2D eigenvalue weighted by Gasteiger charge is -2.29. The highest BCUT2D eigenvalue weighted by Gasteiger charge is 2.37. The number of carboxylic acid groups (broad SMARTS) is 1. The molecule has 0 spiro atoms. The molecule has 0 saturated heterocycles. The molecule has 0 bridgehead atoms. The third-order valence-electron chi connectivity index (χ3n) is 5.41. The molecule has 0 fully saturated rings. The smallest absolute Gasteiger partial charge is 0.421 e. The van der Waals surface area contributed by atoms with E-state index in [2.05, 4.69) is 31.9 Å². The average molecular weight is 554 g/mol. The van der Waals surface area contributed by atoms with Crippen molar-refractivity contribution in [1.82, 2.24) is 14.7 Å². The van der Waals surface area contributed by atoms with Gasteiger partial charge in [-0.3, -0.25) is 0 Å². The number of alkyl halides is 3. The number of nitrogens with one attached hydrogen (secondary N) is 3. The molecule has 4 N–H and O–H groups in total. The molecule has 1 aromatic carbocycles. The van der Waals surface area contributed by atoms with Gasteiger partial charge in [0.1, 0.15) is 17.1 Å². The van der Waals surface area contributed by atoms with E-state index in [4.69, 9.17) is 4.74 Å². The first-order valence-electron chi connectivity index (χ1n) is 11.1. The average Bonchev–Trinajstić information content (AvgIpc) is 2.88. The van der Waals surface area contributed by atoms with E-state index in [0.717, 1.165) is 6.26 Å². The summed E-state index contributed by atoms with van der Waals surface area (Å²) in [5, 5.41) is 14.7.